The maximum atomic E-state index is 13.3. The van der Waals surface area contributed by atoms with E-state index in [0.717, 1.165) is 23.9 Å². The Kier molecular flexibility index (Phi) is 7.72. The van der Waals surface area contributed by atoms with Gasteiger partial charge in [0.2, 0.25) is 5.91 Å². The summed E-state index contributed by atoms with van der Waals surface area (Å²) in [6.07, 6.45) is 0. The van der Waals surface area contributed by atoms with E-state index in [-0.39, 0.29) is 18.0 Å². The zero-order chi connectivity index (χ0) is 22.5. The third-order valence-electron chi connectivity index (χ3n) is 4.24. The molecule has 0 unspecified atom stereocenters. The molecule has 8 heteroatoms. The molecular formula is C22H24F2N2O3S. The van der Waals surface area contributed by atoms with Crippen LogP contribution in [-0.2, 0) is 9.59 Å². The second kappa shape index (κ2) is 9.84. The Labute approximate surface area is 178 Å². The molecule has 0 aliphatic heterocycles. The number of hydrogen-bond acceptors (Lipinski definition) is 4. The van der Waals surface area contributed by atoms with Gasteiger partial charge in [0.15, 0.2) is 17.4 Å². The largest absolute Gasteiger partial charge is 0.345 e. The van der Waals surface area contributed by atoms with E-state index < -0.39 is 34.1 Å². The van der Waals surface area contributed by atoms with Gasteiger partial charge in [0.05, 0.1) is 17.4 Å². The SMILES string of the molecule is C[C@H](Sc1ccccc1C(=O)NCC(=O)C(C)(C)C)C(=O)Nc1ccc(F)c(F)c1. The van der Waals surface area contributed by atoms with Crippen LogP contribution in [0.1, 0.15) is 38.1 Å². The predicted molar refractivity (Wildman–Crippen MR) is 114 cm³/mol. The van der Waals surface area contributed by atoms with Gasteiger partial charge in [-0.2, -0.15) is 0 Å². The molecule has 2 rings (SSSR count). The molecular weight excluding hydrogens is 410 g/mol. The number of benzene rings is 2. The smallest absolute Gasteiger partial charge is 0.252 e. The lowest BCUT2D eigenvalue weighted by atomic mass is 9.91. The molecule has 0 saturated carbocycles. The summed E-state index contributed by atoms with van der Waals surface area (Å²) in [4.78, 5) is 37.6. The lowest BCUT2D eigenvalue weighted by Gasteiger charge is -2.18. The van der Waals surface area contributed by atoms with E-state index in [1.165, 1.54) is 6.07 Å². The molecule has 2 amide bonds. The minimum absolute atomic E-state index is 0.0898. The highest BCUT2D eigenvalue weighted by molar-refractivity contribution is 8.00. The summed E-state index contributed by atoms with van der Waals surface area (Å²) >= 11 is 1.15. The summed E-state index contributed by atoms with van der Waals surface area (Å²) in [5, 5.41) is 4.52. The third-order valence-corrected chi connectivity index (χ3v) is 5.42. The van der Waals surface area contributed by atoms with Crippen molar-refractivity contribution in [2.24, 2.45) is 5.41 Å². The summed E-state index contributed by atoms with van der Waals surface area (Å²) in [6.45, 7) is 6.88. The van der Waals surface area contributed by atoms with Crippen LogP contribution >= 0.6 is 11.8 Å². The van der Waals surface area contributed by atoms with Gasteiger partial charge in [0.1, 0.15) is 0 Å². The second-order valence-electron chi connectivity index (χ2n) is 7.73. The van der Waals surface area contributed by atoms with Crippen LogP contribution in [0.4, 0.5) is 14.5 Å². The fourth-order valence-electron chi connectivity index (χ4n) is 2.34. The quantitative estimate of drug-likeness (QED) is 0.633. The van der Waals surface area contributed by atoms with E-state index in [2.05, 4.69) is 10.6 Å². The Balaban J connectivity index is 2.05. The molecule has 2 aromatic carbocycles. The van der Waals surface area contributed by atoms with Gasteiger partial charge in [-0.3, -0.25) is 14.4 Å². The Morgan fingerprint density at radius 1 is 1.03 bits per heavy atom. The maximum Gasteiger partial charge on any atom is 0.252 e. The maximum absolute atomic E-state index is 13.3. The summed E-state index contributed by atoms with van der Waals surface area (Å²) in [6, 6.07) is 9.84. The summed E-state index contributed by atoms with van der Waals surface area (Å²) in [7, 11) is 0. The molecule has 0 fully saturated rings. The number of hydrogen-bond donors (Lipinski definition) is 2. The Hall–Kier alpha value is -2.74. The monoisotopic (exact) mass is 434 g/mol. The number of carbonyl (C=O) groups is 3. The minimum atomic E-state index is -1.06. The van der Waals surface area contributed by atoms with Gasteiger partial charge in [0, 0.05) is 22.1 Å². The van der Waals surface area contributed by atoms with Crippen molar-refractivity contribution in [1.82, 2.24) is 5.32 Å². The first-order valence-electron chi connectivity index (χ1n) is 9.32. The zero-order valence-corrected chi connectivity index (χ0v) is 18.0. The van der Waals surface area contributed by atoms with Gasteiger partial charge in [-0.05, 0) is 31.2 Å². The van der Waals surface area contributed by atoms with Crippen molar-refractivity contribution in [3.8, 4) is 0 Å². The Morgan fingerprint density at radius 2 is 1.70 bits per heavy atom. The fourth-order valence-corrected chi connectivity index (χ4v) is 3.33. The van der Waals surface area contributed by atoms with Crippen LogP contribution in [0.3, 0.4) is 0 Å². The van der Waals surface area contributed by atoms with Crippen LogP contribution in [-0.4, -0.2) is 29.4 Å². The lowest BCUT2D eigenvalue weighted by Crippen LogP contribution is -2.35. The molecule has 0 aliphatic rings. The highest BCUT2D eigenvalue weighted by atomic mass is 32.2. The van der Waals surface area contributed by atoms with Gasteiger partial charge in [-0.25, -0.2) is 8.78 Å². The number of ketones is 1. The summed E-state index contributed by atoms with van der Waals surface area (Å²) in [5.74, 6) is -2.99. The van der Waals surface area contributed by atoms with Gasteiger partial charge in [-0.15, -0.1) is 11.8 Å². The first-order chi connectivity index (χ1) is 14.0. The normalized spacial score (nSPS) is 12.2. The number of nitrogens with one attached hydrogen (secondary N) is 2. The van der Waals surface area contributed by atoms with Crippen LogP contribution in [0, 0.1) is 17.0 Å². The number of amides is 2. The molecule has 2 N–H and O–H groups in total. The van der Waals surface area contributed by atoms with Gasteiger partial charge in [-0.1, -0.05) is 32.9 Å². The van der Waals surface area contributed by atoms with Crippen molar-refractivity contribution in [3.63, 3.8) is 0 Å². The average Bonchev–Trinajstić information content (AvgIpc) is 2.68. The van der Waals surface area contributed by atoms with E-state index in [1.807, 2.05) is 0 Å². The summed E-state index contributed by atoms with van der Waals surface area (Å²) in [5.41, 5.74) is -0.0803. The number of rotatable bonds is 7. The third kappa shape index (κ3) is 6.38. The standard InChI is InChI=1S/C22H24F2N2O3S/c1-13(20(28)26-14-9-10-16(23)17(24)11-14)30-18-8-6-5-7-15(18)21(29)25-12-19(27)22(2,3)4/h5-11,13H,12H2,1-4H3,(H,25,29)(H,26,28)/t13-/m0/s1. The molecule has 1 atom stereocenters. The second-order valence-corrected chi connectivity index (χ2v) is 9.11. The molecule has 30 heavy (non-hydrogen) atoms. The highest BCUT2D eigenvalue weighted by Crippen LogP contribution is 2.28. The topological polar surface area (TPSA) is 75.3 Å². The van der Waals surface area contributed by atoms with E-state index in [9.17, 15) is 23.2 Å². The predicted octanol–water partition coefficient (Wildman–Crippen LogP) is 4.43. The molecule has 0 aliphatic carbocycles. The van der Waals surface area contributed by atoms with E-state index in [0.29, 0.717) is 10.5 Å². The minimum Gasteiger partial charge on any atom is -0.345 e. The van der Waals surface area contributed by atoms with E-state index in [4.69, 9.17) is 0 Å². The molecule has 0 heterocycles. The van der Waals surface area contributed by atoms with Crippen LogP contribution in [0.25, 0.3) is 0 Å². The number of thioether (sulfide) groups is 1. The Morgan fingerprint density at radius 3 is 2.33 bits per heavy atom. The summed E-state index contributed by atoms with van der Waals surface area (Å²) < 4.78 is 26.4. The van der Waals surface area contributed by atoms with Crippen molar-refractivity contribution in [1.29, 1.82) is 0 Å². The van der Waals surface area contributed by atoms with E-state index in [1.54, 1.807) is 52.0 Å². The molecule has 5 nitrogen and oxygen atoms in total. The molecule has 0 bridgehead atoms. The molecule has 160 valence electrons. The van der Waals surface area contributed by atoms with Gasteiger partial charge in [0.25, 0.3) is 5.91 Å². The zero-order valence-electron chi connectivity index (χ0n) is 17.2. The number of halogens is 2. The van der Waals surface area contributed by atoms with Crippen LogP contribution in [0.15, 0.2) is 47.4 Å². The van der Waals surface area contributed by atoms with Crippen LogP contribution in [0.5, 0.6) is 0 Å². The van der Waals surface area contributed by atoms with Crippen molar-refractivity contribution in [2.75, 3.05) is 11.9 Å². The van der Waals surface area contributed by atoms with Crippen molar-refractivity contribution < 1.29 is 23.2 Å². The first-order valence-corrected chi connectivity index (χ1v) is 10.2. The van der Waals surface area contributed by atoms with Gasteiger partial charge < -0.3 is 10.6 Å². The van der Waals surface area contributed by atoms with Crippen molar-refractivity contribution in [3.05, 3.63) is 59.7 Å². The van der Waals surface area contributed by atoms with E-state index >= 15 is 0 Å². The van der Waals surface area contributed by atoms with Crippen molar-refractivity contribution in [2.45, 2.75) is 37.8 Å². The molecule has 0 aromatic heterocycles. The average molecular weight is 435 g/mol. The van der Waals surface area contributed by atoms with Gasteiger partial charge >= 0.3 is 0 Å². The molecule has 2 aromatic rings. The molecule has 0 radical (unpaired) electrons. The van der Waals surface area contributed by atoms with Crippen molar-refractivity contribution >= 4 is 35.0 Å². The fraction of sp³-hybridized carbons (Fsp3) is 0.318. The number of carbonyl (C=O) groups excluding carboxylic acids is 3. The lowest BCUT2D eigenvalue weighted by molar-refractivity contribution is -0.125. The molecule has 0 saturated heterocycles. The Bertz CT molecular complexity index is 958. The van der Waals surface area contributed by atoms with Crippen LogP contribution in [0.2, 0.25) is 0 Å². The van der Waals surface area contributed by atoms with Crippen LogP contribution < -0.4 is 10.6 Å². The number of anilines is 1. The number of Topliss-reactive ketones (excluding diaryl/α,β-unsaturated/α-hetero) is 1. The molecule has 0 spiro atoms. The first kappa shape index (κ1) is 23.5. The highest BCUT2D eigenvalue weighted by Gasteiger charge is 2.23.